The van der Waals surface area contributed by atoms with Gasteiger partial charge < -0.3 is 9.64 Å². The molecule has 2 rings (SSSR count). The van der Waals surface area contributed by atoms with Crippen molar-refractivity contribution >= 4 is 17.4 Å². The highest BCUT2D eigenvalue weighted by molar-refractivity contribution is 6.52. The van der Waals surface area contributed by atoms with Crippen molar-refractivity contribution in [1.29, 1.82) is 0 Å². The maximum absolute atomic E-state index is 11.8. The number of carbonyl (C=O) groups is 2. The number of methoxy groups -OCH3 is 1. The van der Waals surface area contributed by atoms with Crippen molar-refractivity contribution in [3.8, 4) is 5.75 Å². The average molecular weight is 231 g/mol. The molecule has 0 saturated heterocycles. The van der Waals surface area contributed by atoms with Crippen molar-refractivity contribution in [3.63, 3.8) is 0 Å². The van der Waals surface area contributed by atoms with Crippen LogP contribution in [-0.4, -0.2) is 25.3 Å². The van der Waals surface area contributed by atoms with E-state index in [0.29, 0.717) is 23.5 Å². The number of ether oxygens (including phenoxy) is 1. The average Bonchev–Trinajstić information content (AvgIpc) is 2.59. The lowest BCUT2D eigenvalue weighted by Crippen LogP contribution is -2.29. The van der Waals surface area contributed by atoms with Crippen molar-refractivity contribution in [2.24, 2.45) is 0 Å². The summed E-state index contributed by atoms with van der Waals surface area (Å²) in [5.74, 6) is -0.296. The predicted octanol–water partition coefficient (Wildman–Crippen LogP) is 1.80. The van der Waals surface area contributed by atoms with Gasteiger partial charge in [-0.1, -0.05) is 12.2 Å². The fraction of sp³-hybridized carbons (Fsp3) is 0.231. The lowest BCUT2D eigenvalue weighted by Gasteiger charge is -2.14. The van der Waals surface area contributed by atoms with Gasteiger partial charge in [0.25, 0.3) is 11.7 Å². The number of fused-ring (bicyclic) bond motifs is 1. The van der Waals surface area contributed by atoms with Crippen LogP contribution < -0.4 is 9.64 Å². The number of amides is 1. The first-order valence-electron chi connectivity index (χ1n) is 5.34. The number of rotatable bonds is 3. The number of nitrogens with zero attached hydrogens (tertiary/aromatic N) is 1. The van der Waals surface area contributed by atoms with Crippen LogP contribution >= 0.6 is 0 Å². The molecular weight excluding hydrogens is 218 g/mol. The summed E-state index contributed by atoms with van der Waals surface area (Å²) in [5, 5.41) is 0. The second-order valence-corrected chi connectivity index (χ2v) is 3.70. The number of hydrogen-bond acceptors (Lipinski definition) is 3. The molecule has 0 aromatic heterocycles. The molecule has 0 aliphatic carbocycles. The first-order chi connectivity index (χ1) is 8.19. The van der Waals surface area contributed by atoms with E-state index >= 15 is 0 Å². The molecule has 0 N–H and O–H groups in total. The summed E-state index contributed by atoms with van der Waals surface area (Å²) in [6, 6.07) is 5.02. The monoisotopic (exact) mass is 231 g/mol. The molecule has 0 radical (unpaired) electrons. The van der Waals surface area contributed by atoms with Gasteiger partial charge in [0, 0.05) is 12.6 Å². The molecule has 4 nitrogen and oxygen atoms in total. The highest BCUT2D eigenvalue weighted by Gasteiger charge is 2.35. The van der Waals surface area contributed by atoms with E-state index in [2.05, 4.69) is 0 Å². The van der Waals surface area contributed by atoms with Gasteiger partial charge >= 0.3 is 0 Å². The lowest BCUT2D eigenvalue weighted by molar-refractivity contribution is -0.114. The van der Waals surface area contributed by atoms with E-state index in [1.807, 2.05) is 19.1 Å². The molecule has 0 unspecified atom stereocenters. The van der Waals surface area contributed by atoms with Gasteiger partial charge in [-0.05, 0) is 19.1 Å². The largest absolute Gasteiger partial charge is 0.497 e. The molecule has 0 fully saturated rings. The van der Waals surface area contributed by atoms with Gasteiger partial charge in [-0.25, -0.2) is 0 Å². The highest BCUT2D eigenvalue weighted by Crippen LogP contribution is 2.32. The first-order valence-corrected chi connectivity index (χ1v) is 5.34. The van der Waals surface area contributed by atoms with E-state index in [1.165, 1.54) is 4.90 Å². The van der Waals surface area contributed by atoms with E-state index in [4.69, 9.17) is 4.74 Å². The molecule has 0 bridgehead atoms. The van der Waals surface area contributed by atoms with Gasteiger partial charge in [-0.2, -0.15) is 0 Å². The van der Waals surface area contributed by atoms with E-state index in [9.17, 15) is 9.59 Å². The van der Waals surface area contributed by atoms with Crippen LogP contribution in [0.2, 0.25) is 0 Å². The quantitative estimate of drug-likeness (QED) is 0.588. The van der Waals surface area contributed by atoms with E-state index < -0.39 is 11.7 Å². The number of allylic oxidation sites excluding steroid dienone is 1. The van der Waals surface area contributed by atoms with Gasteiger partial charge in [-0.3, -0.25) is 9.59 Å². The molecule has 0 saturated carbocycles. The molecule has 0 spiro atoms. The van der Waals surface area contributed by atoms with E-state index in [-0.39, 0.29) is 0 Å². The Balaban J connectivity index is 2.45. The molecule has 4 heteroatoms. The summed E-state index contributed by atoms with van der Waals surface area (Å²) in [6.45, 7) is 2.27. The molecule has 17 heavy (non-hydrogen) atoms. The standard InChI is InChI=1S/C13H13NO3/c1-3-4-7-14-11-8-9(17-2)5-6-10(11)12(15)13(14)16/h3-6,8H,7H2,1-2H3/b4-3+. The third-order valence-electron chi connectivity index (χ3n) is 2.70. The Bertz CT molecular complexity index is 505. The molecule has 1 aliphatic heterocycles. The second-order valence-electron chi connectivity index (χ2n) is 3.70. The Morgan fingerprint density at radius 2 is 2.12 bits per heavy atom. The molecular formula is C13H13NO3. The van der Waals surface area contributed by atoms with Crippen molar-refractivity contribution in [2.45, 2.75) is 6.92 Å². The van der Waals surface area contributed by atoms with Gasteiger partial charge in [0.05, 0.1) is 18.4 Å². The van der Waals surface area contributed by atoms with Crippen LogP contribution in [0.5, 0.6) is 5.75 Å². The van der Waals surface area contributed by atoms with Crippen LogP contribution in [0, 0.1) is 0 Å². The molecule has 1 aromatic carbocycles. The van der Waals surface area contributed by atoms with Crippen LogP contribution in [0.3, 0.4) is 0 Å². The van der Waals surface area contributed by atoms with Gasteiger partial charge in [0.2, 0.25) is 0 Å². The molecule has 1 heterocycles. The lowest BCUT2D eigenvalue weighted by atomic mass is 10.1. The van der Waals surface area contributed by atoms with Crippen LogP contribution in [-0.2, 0) is 4.79 Å². The van der Waals surface area contributed by atoms with Crippen LogP contribution in [0.25, 0.3) is 0 Å². The maximum Gasteiger partial charge on any atom is 0.299 e. The smallest absolute Gasteiger partial charge is 0.299 e. The Kier molecular flexibility index (Phi) is 2.95. The molecule has 0 atom stereocenters. The Hall–Kier alpha value is -2.10. The van der Waals surface area contributed by atoms with Crippen LogP contribution in [0.1, 0.15) is 17.3 Å². The maximum atomic E-state index is 11.8. The third-order valence-corrected chi connectivity index (χ3v) is 2.70. The number of ketones is 1. The fourth-order valence-corrected chi connectivity index (χ4v) is 1.79. The Labute approximate surface area is 99.5 Å². The molecule has 1 amide bonds. The van der Waals surface area contributed by atoms with E-state index in [1.54, 1.807) is 25.3 Å². The van der Waals surface area contributed by atoms with Crippen molar-refractivity contribution in [3.05, 3.63) is 35.9 Å². The normalized spacial score (nSPS) is 14.6. The number of Topliss-reactive ketones (excluding diaryl/α,β-unsaturated/α-hetero) is 1. The molecule has 1 aliphatic rings. The summed E-state index contributed by atoms with van der Waals surface area (Å²) in [6.07, 6.45) is 3.68. The number of hydrogen-bond donors (Lipinski definition) is 0. The SMILES string of the molecule is C/C=C/CN1C(=O)C(=O)c2ccc(OC)cc21. The number of anilines is 1. The summed E-state index contributed by atoms with van der Waals surface area (Å²) >= 11 is 0. The molecule has 88 valence electrons. The van der Waals surface area contributed by atoms with Crippen LogP contribution in [0.4, 0.5) is 5.69 Å². The third kappa shape index (κ3) is 1.82. The summed E-state index contributed by atoms with van der Waals surface area (Å²) in [7, 11) is 1.55. The van der Waals surface area contributed by atoms with Gasteiger partial charge in [-0.15, -0.1) is 0 Å². The van der Waals surface area contributed by atoms with E-state index in [0.717, 1.165) is 0 Å². The number of benzene rings is 1. The zero-order valence-corrected chi connectivity index (χ0v) is 9.77. The summed E-state index contributed by atoms with van der Waals surface area (Å²) < 4.78 is 5.10. The summed E-state index contributed by atoms with van der Waals surface area (Å²) in [4.78, 5) is 24.9. The zero-order chi connectivity index (χ0) is 12.4. The second kappa shape index (κ2) is 4.41. The minimum Gasteiger partial charge on any atom is -0.497 e. The Morgan fingerprint density at radius 3 is 2.76 bits per heavy atom. The zero-order valence-electron chi connectivity index (χ0n) is 9.77. The topological polar surface area (TPSA) is 46.6 Å². The van der Waals surface area contributed by atoms with Crippen molar-refractivity contribution in [1.82, 2.24) is 0 Å². The number of carbonyl (C=O) groups excluding carboxylic acids is 2. The van der Waals surface area contributed by atoms with Gasteiger partial charge in [0.1, 0.15) is 5.75 Å². The van der Waals surface area contributed by atoms with Crippen molar-refractivity contribution < 1.29 is 14.3 Å². The minimum absolute atomic E-state index is 0.404. The Morgan fingerprint density at radius 1 is 1.35 bits per heavy atom. The summed E-state index contributed by atoms with van der Waals surface area (Å²) in [5.41, 5.74) is 1.07. The highest BCUT2D eigenvalue weighted by atomic mass is 16.5. The van der Waals surface area contributed by atoms with Gasteiger partial charge in [0.15, 0.2) is 0 Å². The predicted molar refractivity (Wildman–Crippen MR) is 64.5 cm³/mol. The van der Waals surface area contributed by atoms with Crippen LogP contribution in [0.15, 0.2) is 30.4 Å². The molecule has 1 aromatic rings. The first kappa shape index (κ1) is 11.4. The van der Waals surface area contributed by atoms with Crippen molar-refractivity contribution in [2.75, 3.05) is 18.6 Å². The fourth-order valence-electron chi connectivity index (χ4n) is 1.79. The minimum atomic E-state index is -0.480.